The minimum Gasteiger partial charge on any atom is -0.333 e. The Morgan fingerprint density at radius 3 is 2.54 bits per heavy atom. The fourth-order valence-electron chi connectivity index (χ4n) is 3.12. The van der Waals surface area contributed by atoms with Crippen LogP contribution in [0.5, 0.6) is 0 Å². The number of anilines is 2. The normalized spacial score (nSPS) is 11.8. The third-order valence-corrected chi connectivity index (χ3v) is 4.49. The number of benzene rings is 2. The molecule has 0 unspecified atom stereocenters. The Morgan fingerprint density at radius 1 is 1.07 bits per heavy atom. The molecule has 28 heavy (non-hydrogen) atoms. The van der Waals surface area contributed by atoms with E-state index in [0.717, 1.165) is 22.5 Å². The minimum atomic E-state index is -0.662. The van der Waals surface area contributed by atoms with E-state index >= 15 is 0 Å². The van der Waals surface area contributed by atoms with Gasteiger partial charge in [0, 0.05) is 23.8 Å². The van der Waals surface area contributed by atoms with Gasteiger partial charge in [0.1, 0.15) is 5.82 Å². The smallest absolute Gasteiger partial charge is 0.277 e. The summed E-state index contributed by atoms with van der Waals surface area (Å²) in [4.78, 5) is 22.0. The molecule has 7 heteroatoms. The summed E-state index contributed by atoms with van der Waals surface area (Å²) in [6, 6.07) is 15.7. The van der Waals surface area contributed by atoms with Crippen molar-refractivity contribution in [2.24, 2.45) is 0 Å². The second-order valence-electron chi connectivity index (χ2n) is 6.19. The summed E-state index contributed by atoms with van der Waals surface area (Å²) in [5.74, 6) is -0.147. The Labute approximate surface area is 161 Å². The van der Waals surface area contributed by atoms with Crippen molar-refractivity contribution in [1.82, 2.24) is 15.4 Å². The number of carbonyl (C=O) groups excluding carboxylic acids is 1. The molecule has 1 amide bonds. The fraction of sp³-hybridized carbons (Fsp3) is 0.0476. The maximum absolute atomic E-state index is 11.5. The highest BCUT2D eigenvalue weighted by atomic mass is 16.5. The van der Waals surface area contributed by atoms with Gasteiger partial charge in [-0.3, -0.25) is 10.0 Å². The standard InChI is InChI=1S/C21H15N5O2/c22-10-14-5-8-19-16(9-14)7-6-15-3-1-2-4-18(15)26(19)13-20-23-11-17(12-24-20)21(27)25-28/h1-9,11-12,28H,13H2,(H,25,27). The molecule has 0 fully saturated rings. The molecule has 0 bridgehead atoms. The topological polar surface area (TPSA) is 102 Å². The van der Waals surface area contributed by atoms with Crippen LogP contribution in [0, 0.1) is 11.3 Å². The molecule has 0 saturated carbocycles. The summed E-state index contributed by atoms with van der Waals surface area (Å²) in [5, 5.41) is 17.9. The Kier molecular flexibility index (Phi) is 4.54. The molecule has 0 atom stereocenters. The van der Waals surface area contributed by atoms with Crippen LogP contribution in [0.4, 0.5) is 11.4 Å². The van der Waals surface area contributed by atoms with Crippen molar-refractivity contribution < 1.29 is 10.0 Å². The van der Waals surface area contributed by atoms with Crippen molar-refractivity contribution in [3.63, 3.8) is 0 Å². The first kappa shape index (κ1) is 17.4. The number of para-hydroxylation sites is 1. The van der Waals surface area contributed by atoms with Crippen molar-refractivity contribution in [2.45, 2.75) is 6.54 Å². The van der Waals surface area contributed by atoms with Crippen molar-refractivity contribution in [2.75, 3.05) is 4.90 Å². The highest BCUT2D eigenvalue weighted by Gasteiger charge is 2.19. The molecule has 0 aliphatic carbocycles. The van der Waals surface area contributed by atoms with E-state index in [-0.39, 0.29) is 5.56 Å². The molecule has 2 aromatic carbocycles. The SMILES string of the molecule is N#Cc1ccc2c(c1)C=Cc1ccccc1N2Cc1ncc(C(=O)NO)cn1. The van der Waals surface area contributed by atoms with Gasteiger partial charge in [0.15, 0.2) is 0 Å². The first-order valence-corrected chi connectivity index (χ1v) is 8.54. The zero-order valence-corrected chi connectivity index (χ0v) is 14.7. The molecule has 2 heterocycles. The van der Waals surface area contributed by atoms with Crippen LogP contribution < -0.4 is 10.4 Å². The van der Waals surface area contributed by atoms with Crippen LogP contribution >= 0.6 is 0 Å². The van der Waals surface area contributed by atoms with E-state index in [0.29, 0.717) is 17.9 Å². The number of hydrogen-bond acceptors (Lipinski definition) is 6. The van der Waals surface area contributed by atoms with Gasteiger partial charge in [0.2, 0.25) is 0 Å². The Morgan fingerprint density at radius 2 is 1.79 bits per heavy atom. The number of aromatic nitrogens is 2. The van der Waals surface area contributed by atoms with E-state index in [4.69, 9.17) is 5.21 Å². The lowest BCUT2D eigenvalue weighted by molar-refractivity contribution is 0.0705. The fourth-order valence-corrected chi connectivity index (χ4v) is 3.12. The number of nitriles is 1. The number of hydrogen-bond donors (Lipinski definition) is 2. The first-order valence-electron chi connectivity index (χ1n) is 8.54. The van der Waals surface area contributed by atoms with Crippen molar-refractivity contribution in [3.8, 4) is 6.07 Å². The Hall–Kier alpha value is -4.02. The third kappa shape index (κ3) is 3.20. The van der Waals surface area contributed by atoms with E-state index in [9.17, 15) is 10.1 Å². The van der Waals surface area contributed by atoms with Gasteiger partial charge in [0.25, 0.3) is 5.91 Å². The average molecular weight is 369 g/mol. The van der Waals surface area contributed by atoms with Gasteiger partial charge in [-0.05, 0) is 35.4 Å². The molecule has 1 aliphatic rings. The van der Waals surface area contributed by atoms with E-state index in [1.54, 1.807) is 11.5 Å². The summed E-state index contributed by atoms with van der Waals surface area (Å²) in [7, 11) is 0. The molecule has 1 aliphatic heterocycles. The molecular weight excluding hydrogens is 354 g/mol. The number of nitrogens with zero attached hydrogens (tertiary/aromatic N) is 4. The first-order chi connectivity index (χ1) is 13.7. The summed E-state index contributed by atoms with van der Waals surface area (Å²) < 4.78 is 0. The second kappa shape index (κ2) is 7.31. The third-order valence-electron chi connectivity index (χ3n) is 4.49. The van der Waals surface area contributed by atoms with Crippen molar-refractivity contribution in [3.05, 3.63) is 82.9 Å². The number of fused-ring (bicyclic) bond motifs is 2. The maximum atomic E-state index is 11.5. The molecule has 1 aromatic heterocycles. The van der Waals surface area contributed by atoms with Gasteiger partial charge in [-0.25, -0.2) is 15.4 Å². The molecule has 0 spiro atoms. The predicted molar refractivity (Wildman–Crippen MR) is 104 cm³/mol. The maximum Gasteiger partial charge on any atom is 0.277 e. The van der Waals surface area contributed by atoms with Crippen LogP contribution in [0.1, 0.15) is 32.9 Å². The molecule has 4 rings (SSSR count). The molecule has 7 nitrogen and oxygen atoms in total. The quantitative estimate of drug-likeness (QED) is 0.542. The highest BCUT2D eigenvalue weighted by Crippen LogP contribution is 2.37. The van der Waals surface area contributed by atoms with Crippen LogP contribution in [0.3, 0.4) is 0 Å². The lowest BCUT2D eigenvalue weighted by Crippen LogP contribution is -2.21. The van der Waals surface area contributed by atoms with Gasteiger partial charge in [-0.1, -0.05) is 30.4 Å². The lowest BCUT2D eigenvalue weighted by Gasteiger charge is -2.26. The average Bonchev–Trinajstić information content (AvgIpc) is 2.90. The number of hydroxylamine groups is 1. The summed E-state index contributed by atoms with van der Waals surface area (Å²) in [5.41, 5.74) is 6.20. The summed E-state index contributed by atoms with van der Waals surface area (Å²) in [6.07, 6.45) is 6.75. The van der Waals surface area contributed by atoms with Crippen molar-refractivity contribution in [1.29, 1.82) is 5.26 Å². The number of rotatable bonds is 3. The van der Waals surface area contributed by atoms with Gasteiger partial charge >= 0.3 is 0 Å². The zero-order valence-electron chi connectivity index (χ0n) is 14.7. The molecule has 0 radical (unpaired) electrons. The molecule has 3 aromatic rings. The van der Waals surface area contributed by atoms with Gasteiger partial charge in [-0.15, -0.1) is 0 Å². The Bertz CT molecular complexity index is 1120. The highest BCUT2D eigenvalue weighted by molar-refractivity contribution is 5.92. The molecule has 2 N–H and O–H groups in total. The second-order valence-corrected chi connectivity index (χ2v) is 6.19. The predicted octanol–water partition coefficient (Wildman–Crippen LogP) is 3.29. The van der Waals surface area contributed by atoms with E-state index in [1.807, 2.05) is 48.6 Å². The molecular formula is C21H15N5O2. The van der Waals surface area contributed by atoms with Crippen LogP contribution in [-0.4, -0.2) is 21.1 Å². The van der Waals surface area contributed by atoms with Crippen LogP contribution in [-0.2, 0) is 6.54 Å². The van der Waals surface area contributed by atoms with Crippen molar-refractivity contribution >= 4 is 29.4 Å². The minimum absolute atomic E-state index is 0.170. The number of amides is 1. The summed E-state index contributed by atoms with van der Waals surface area (Å²) in [6.45, 7) is 0.374. The number of carbonyl (C=O) groups is 1. The largest absolute Gasteiger partial charge is 0.333 e. The van der Waals surface area contributed by atoms with Crippen LogP contribution in [0.25, 0.3) is 12.2 Å². The van der Waals surface area contributed by atoms with E-state index in [1.165, 1.54) is 12.4 Å². The monoisotopic (exact) mass is 369 g/mol. The zero-order chi connectivity index (χ0) is 19.5. The number of nitrogens with one attached hydrogen (secondary N) is 1. The Balaban J connectivity index is 1.76. The molecule has 136 valence electrons. The molecule has 0 saturated heterocycles. The van der Waals surface area contributed by atoms with E-state index < -0.39 is 5.91 Å². The lowest BCUT2D eigenvalue weighted by atomic mass is 10.1. The van der Waals surface area contributed by atoms with Crippen LogP contribution in [0.15, 0.2) is 54.9 Å². The van der Waals surface area contributed by atoms with E-state index in [2.05, 4.69) is 20.9 Å². The van der Waals surface area contributed by atoms with Gasteiger partial charge in [0.05, 0.1) is 23.7 Å². The summed E-state index contributed by atoms with van der Waals surface area (Å²) >= 11 is 0. The van der Waals surface area contributed by atoms with Gasteiger partial charge < -0.3 is 4.90 Å². The van der Waals surface area contributed by atoms with Gasteiger partial charge in [-0.2, -0.15) is 5.26 Å². The van der Waals surface area contributed by atoms with Crippen LogP contribution in [0.2, 0.25) is 0 Å².